The van der Waals surface area contributed by atoms with Gasteiger partial charge in [0.1, 0.15) is 5.82 Å². The maximum absolute atomic E-state index is 13.8. The summed E-state index contributed by atoms with van der Waals surface area (Å²) in [6.07, 6.45) is 1.91. The summed E-state index contributed by atoms with van der Waals surface area (Å²) in [5.74, 6) is -0.374. The Morgan fingerprint density at radius 2 is 2.22 bits per heavy atom. The molecule has 4 atom stereocenters. The van der Waals surface area contributed by atoms with E-state index in [2.05, 4.69) is 0 Å². The van der Waals surface area contributed by atoms with Crippen LogP contribution in [-0.2, 0) is 4.74 Å². The Morgan fingerprint density at radius 1 is 1.44 bits per heavy atom. The molecule has 1 aromatic carbocycles. The minimum atomic E-state index is -0.890. The fourth-order valence-corrected chi connectivity index (χ4v) is 3.45. The summed E-state index contributed by atoms with van der Waals surface area (Å²) in [4.78, 5) is 0. The van der Waals surface area contributed by atoms with Gasteiger partial charge in [0.25, 0.3) is 0 Å². The van der Waals surface area contributed by atoms with Crippen molar-refractivity contribution in [1.29, 1.82) is 0 Å². The molecule has 0 spiro atoms. The number of rotatable bonds is 3. The first-order chi connectivity index (χ1) is 8.67. The third kappa shape index (κ3) is 1.60. The maximum Gasteiger partial charge on any atom is 0.129 e. The van der Waals surface area contributed by atoms with Crippen LogP contribution in [0.5, 0.6) is 0 Å². The van der Waals surface area contributed by atoms with Crippen molar-refractivity contribution in [1.82, 2.24) is 0 Å². The molecule has 2 aliphatic rings. The van der Waals surface area contributed by atoms with E-state index in [4.69, 9.17) is 10.5 Å². The third-order valence-corrected chi connectivity index (χ3v) is 4.48. The second-order valence-corrected chi connectivity index (χ2v) is 5.39. The Bertz CT molecular complexity index is 453. The molecule has 1 aromatic rings. The lowest BCUT2D eigenvalue weighted by atomic mass is 9.68. The van der Waals surface area contributed by atoms with Crippen molar-refractivity contribution in [3.05, 3.63) is 35.6 Å². The van der Waals surface area contributed by atoms with E-state index in [0.717, 1.165) is 19.3 Å². The van der Waals surface area contributed by atoms with E-state index in [1.54, 1.807) is 18.2 Å². The molecule has 98 valence electrons. The highest BCUT2D eigenvalue weighted by atomic mass is 19.1. The fraction of sp³-hybridized carbons (Fsp3) is 0.571. The van der Waals surface area contributed by atoms with Gasteiger partial charge in [0, 0.05) is 17.5 Å². The number of hydrogen-bond acceptors (Lipinski definition) is 3. The predicted molar refractivity (Wildman–Crippen MR) is 65.4 cm³/mol. The monoisotopic (exact) mass is 251 g/mol. The van der Waals surface area contributed by atoms with Gasteiger partial charge in [-0.1, -0.05) is 18.2 Å². The molecule has 0 radical (unpaired) electrons. The van der Waals surface area contributed by atoms with Crippen molar-refractivity contribution in [3.8, 4) is 0 Å². The summed E-state index contributed by atoms with van der Waals surface area (Å²) in [5.41, 5.74) is 5.69. The summed E-state index contributed by atoms with van der Waals surface area (Å²) >= 11 is 0. The molecule has 0 aromatic heterocycles. The lowest BCUT2D eigenvalue weighted by molar-refractivity contribution is -0.0279. The molecule has 3 rings (SSSR count). The largest absolute Gasteiger partial charge is 0.388 e. The number of halogens is 1. The molecular formula is C14H18FNO2. The topological polar surface area (TPSA) is 55.5 Å². The van der Waals surface area contributed by atoms with Crippen LogP contribution in [0.4, 0.5) is 4.39 Å². The average molecular weight is 251 g/mol. The standard InChI is InChI=1S/C14H18FNO2/c15-11-4-2-1-3-10(11)13(17)14(8-16)7-9-5-6-12(14)18-9/h1-4,9,12-13,17H,5-8,16H2. The van der Waals surface area contributed by atoms with E-state index in [1.807, 2.05) is 0 Å². The lowest BCUT2D eigenvalue weighted by Gasteiger charge is -2.38. The van der Waals surface area contributed by atoms with Gasteiger partial charge in [-0.25, -0.2) is 4.39 Å². The predicted octanol–water partition coefficient (Wildman–Crippen LogP) is 1.76. The van der Waals surface area contributed by atoms with Crippen LogP contribution in [0.1, 0.15) is 30.9 Å². The van der Waals surface area contributed by atoms with Gasteiger partial charge in [0.15, 0.2) is 0 Å². The van der Waals surface area contributed by atoms with Gasteiger partial charge < -0.3 is 15.6 Å². The normalized spacial score (nSPS) is 35.9. The van der Waals surface area contributed by atoms with Crippen LogP contribution >= 0.6 is 0 Å². The van der Waals surface area contributed by atoms with Gasteiger partial charge in [-0.3, -0.25) is 0 Å². The van der Waals surface area contributed by atoms with Crippen LogP contribution in [-0.4, -0.2) is 23.9 Å². The number of benzene rings is 1. The average Bonchev–Trinajstić information content (AvgIpc) is 2.99. The van der Waals surface area contributed by atoms with Crippen LogP contribution in [0.25, 0.3) is 0 Å². The van der Waals surface area contributed by atoms with Crippen LogP contribution in [0, 0.1) is 11.2 Å². The second-order valence-electron chi connectivity index (χ2n) is 5.39. The Balaban J connectivity index is 1.96. The lowest BCUT2D eigenvalue weighted by Crippen LogP contribution is -2.44. The molecule has 3 nitrogen and oxygen atoms in total. The molecule has 4 heteroatoms. The minimum Gasteiger partial charge on any atom is -0.388 e. The zero-order chi connectivity index (χ0) is 12.8. The van der Waals surface area contributed by atoms with Crippen molar-refractivity contribution < 1.29 is 14.2 Å². The molecule has 0 saturated carbocycles. The van der Waals surface area contributed by atoms with Gasteiger partial charge in [0.05, 0.1) is 18.3 Å². The first-order valence-electron chi connectivity index (χ1n) is 6.45. The Morgan fingerprint density at radius 3 is 2.78 bits per heavy atom. The highest BCUT2D eigenvalue weighted by Crippen LogP contribution is 2.53. The fourth-order valence-electron chi connectivity index (χ4n) is 3.45. The smallest absolute Gasteiger partial charge is 0.129 e. The van der Waals surface area contributed by atoms with E-state index in [-0.39, 0.29) is 18.0 Å². The number of aliphatic hydroxyl groups is 1. The van der Waals surface area contributed by atoms with Gasteiger partial charge in [-0.05, 0) is 25.3 Å². The van der Waals surface area contributed by atoms with Gasteiger partial charge in [0.2, 0.25) is 0 Å². The zero-order valence-corrected chi connectivity index (χ0v) is 10.2. The van der Waals surface area contributed by atoms with E-state index in [9.17, 15) is 9.50 Å². The molecule has 2 fully saturated rings. The molecule has 0 aliphatic carbocycles. The van der Waals surface area contributed by atoms with Crippen molar-refractivity contribution in [2.45, 2.75) is 37.6 Å². The second kappa shape index (κ2) is 4.30. The van der Waals surface area contributed by atoms with Crippen LogP contribution in [0.15, 0.2) is 24.3 Å². The number of nitrogens with two attached hydrogens (primary N) is 1. The quantitative estimate of drug-likeness (QED) is 0.860. The number of fused-ring (bicyclic) bond motifs is 2. The first-order valence-corrected chi connectivity index (χ1v) is 6.45. The van der Waals surface area contributed by atoms with E-state index < -0.39 is 11.5 Å². The van der Waals surface area contributed by atoms with Crippen LogP contribution in [0.2, 0.25) is 0 Å². The Labute approximate surface area is 106 Å². The van der Waals surface area contributed by atoms with Gasteiger partial charge >= 0.3 is 0 Å². The zero-order valence-electron chi connectivity index (χ0n) is 10.2. The van der Waals surface area contributed by atoms with Crippen LogP contribution < -0.4 is 5.73 Å². The van der Waals surface area contributed by atoms with Crippen molar-refractivity contribution >= 4 is 0 Å². The number of aliphatic hydroxyl groups excluding tert-OH is 1. The summed E-state index contributed by atoms with van der Waals surface area (Å²) in [6, 6.07) is 6.36. The summed E-state index contributed by atoms with van der Waals surface area (Å²) in [6.45, 7) is 0.323. The number of ether oxygens (including phenoxy) is 1. The van der Waals surface area contributed by atoms with Gasteiger partial charge in [-0.15, -0.1) is 0 Å². The third-order valence-electron chi connectivity index (χ3n) is 4.48. The van der Waals surface area contributed by atoms with E-state index >= 15 is 0 Å². The van der Waals surface area contributed by atoms with E-state index in [1.165, 1.54) is 6.07 Å². The SMILES string of the molecule is NCC1(C(O)c2ccccc2F)CC2CCC1O2. The van der Waals surface area contributed by atoms with Crippen LogP contribution in [0.3, 0.4) is 0 Å². The van der Waals surface area contributed by atoms with E-state index in [0.29, 0.717) is 12.1 Å². The molecule has 18 heavy (non-hydrogen) atoms. The summed E-state index contributed by atoms with van der Waals surface area (Å²) in [7, 11) is 0. The Kier molecular flexibility index (Phi) is 2.88. The molecule has 2 aliphatic heterocycles. The highest BCUT2D eigenvalue weighted by Gasteiger charge is 2.56. The minimum absolute atomic E-state index is 0.0397. The molecular weight excluding hydrogens is 233 g/mol. The molecule has 0 amide bonds. The van der Waals surface area contributed by atoms with Crippen molar-refractivity contribution in [2.75, 3.05) is 6.54 Å². The molecule has 4 unspecified atom stereocenters. The molecule has 3 N–H and O–H groups in total. The molecule has 2 heterocycles. The molecule has 2 bridgehead atoms. The molecule has 2 saturated heterocycles. The summed E-state index contributed by atoms with van der Waals surface area (Å²) in [5, 5.41) is 10.6. The number of hydrogen-bond donors (Lipinski definition) is 2. The highest BCUT2D eigenvalue weighted by molar-refractivity contribution is 5.24. The Hall–Kier alpha value is -0.970. The maximum atomic E-state index is 13.8. The summed E-state index contributed by atoms with van der Waals surface area (Å²) < 4.78 is 19.6. The first kappa shape index (κ1) is 12.1. The van der Waals surface area contributed by atoms with Gasteiger partial charge in [-0.2, -0.15) is 0 Å². The van der Waals surface area contributed by atoms with Crippen molar-refractivity contribution in [3.63, 3.8) is 0 Å². The van der Waals surface area contributed by atoms with Crippen molar-refractivity contribution in [2.24, 2.45) is 11.1 Å².